The highest BCUT2D eigenvalue weighted by molar-refractivity contribution is 7.12. The lowest BCUT2D eigenvalue weighted by atomic mass is 9.96. The highest BCUT2D eigenvalue weighted by Crippen LogP contribution is 2.20. The molecule has 2 N–H and O–H groups in total. The number of nitrogens with one attached hydrogen (secondary N) is 2. The lowest BCUT2D eigenvalue weighted by Crippen LogP contribution is -2.45. The van der Waals surface area contributed by atoms with E-state index in [0.717, 1.165) is 30.8 Å². The third-order valence-corrected chi connectivity index (χ3v) is 5.37. The van der Waals surface area contributed by atoms with Gasteiger partial charge in [0.1, 0.15) is 6.04 Å². The van der Waals surface area contributed by atoms with Crippen LogP contribution in [-0.2, 0) is 9.59 Å². The third kappa shape index (κ3) is 3.90. The number of carbonyl (C=O) groups is 3. The summed E-state index contributed by atoms with van der Waals surface area (Å²) >= 11 is 1.47. The van der Waals surface area contributed by atoms with Crippen LogP contribution >= 0.6 is 11.3 Å². The van der Waals surface area contributed by atoms with E-state index in [9.17, 15) is 14.4 Å². The van der Waals surface area contributed by atoms with Gasteiger partial charge >= 0.3 is 0 Å². The van der Waals surface area contributed by atoms with Crippen molar-refractivity contribution < 1.29 is 14.4 Å². The van der Waals surface area contributed by atoms with Gasteiger partial charge in [-0.25, -0.2) is 0 Å². The minimum atomic E-state index is -0.372. The molecule has 1 aromatic rings. The predicted octanol–water partition coefficient (Wildman–Crippen LogP) is 0.995. The monoisotopic (exact) mass is 335 g/mol. The molecule has 0 spiro atoms. The number of rotatable bonds is 4. The Bertz CT molecular complexity index is 579. The number of carbonyl (C=O) groups excluding carboxylic acids is 3. The van der Waals surface area contributed by atoms with Crippen LogP contribution in [0, 0.1) is 5.92 Å². The molecule has 124 valence electrons. The van der Waals surface area contributed by atoms with Gasteiger partial charge in [0.15, 0.2) is 0 Å². The number of hydrogen-bond acceptors (Lipinski definition) is 4. The molecule has 3 amide bonds. The number of piperidine rings is 1. The van der Waals surface area contributed by atoms with E-state index in [0.29, 0.717) is 25.3 Å². The van der Waals surface area contributed by atoms with E-state index in [4.69, 9.17) is 0 Å². The topological polar surface area (TPSA) is 78.5 Å². The normalized spacial score (nSPS) is 22.0. The van der Waals surface area contributed by atoms with Crippen molar-refractivity contribution in [3.63, 3.8) is 0 Å². The summed E-state index contributed by atoms with van der Waals surface area (Å²) in [6.45, 7) is 2.08. The average molecular weight is 335 g/mol. The number of hydrogen-bond donors (Lipinski definition) is 2. The second-order valence-corrected chi connectivity index (χ2v) is 7.06. The molecule has 1 aromatic heterocycles. The van der Waals surface area contributed by atoms with E-state index in [1.165, 1.54) is 11.3 Å². The quantitative estimate of drug-likeness (QED) is 0.861. The van der Waals surface area contributed by atoms with Gasteiger partial charge in [0.2, 0.25) is 11.8 Å². The first-order valence-electron chi connectivity index (χ1n) is 8.03. The molecular formula is C16H21N3O3S. The molecule has 7 heteroatoms. The lowest BCUT2D eigenvalue weighted by Gasteiger charge is -2.32. The van der Waals surface area contributed by atoms with Crippen LogP contribution in [0.5, 0.6) is 0 Å². The highest BCUT2D eigenvalue weighted by atomic mass is 32.1. The Kier molecular flexibility index (Phi) is 4.95. The molecule has 2 aliphatic heterocycles. The molecule has 0 aliphatic carbocycles. The van der Waals surface area contributed by atoms with Crippen LogP contribution in [0.2, 0.25) is 0 Å². The Morgan fingerprint density at radius 3 is 2.70 bits per heavy atom. The van der Waals surface area contributed by atoms with E-state index in [1.807, 2.05) is 22.4 Å². The van der Waals surface area contributed by atoms with E-state index >= 15 is 0 Å². The van der Waals surface area contributed by atoms with E-state index in [2.05, 4.69) is 10.6 Å². The van der Waals surface area contributed by atoms with Gasteiger partial charge in [-0.1, -0.05) is 6.07 Å². The van der Waals surface area contributed by atoms with Gasteiger partial charge in [0.25, 0.3) is 5.91 Å². The molecule has 0 saturated carbocycles. The summed E-state index contributed by atoms with van der Waals surface area (Å²) in [6.07, 6.45) is 2.81. The Labute approximate surface area is 139 Å². The standard InChI is InChI=1S/C16H21N3O3S/c20-14-4-3-12(18-14)15(21)17-10-11-5-7-19(8-6-11)16(22)13-2-1-9-23-13/h1-2,9,11-12H,3-8,10H2,(H,17,21)(H,18,20)/t12-/m0/s1. The highest BCUT2D eigenvalue weighted by Gasteiger charge is 2.28. The summed E-state index contributed by atoms with van der Waals surface area (Å²) in [6, 6.07) is 3.37. The number of amides is 3. The van der Waals surface area contributed by atoms with E-state index in [-0.39, 0.29) is 23.8 Å². The fourth-order valence-corrected chi connectivity index (χ4v) is 3.77. The summed E-state index contributed by atoms with van der Waals surface area (Å²) < 4.78 is 0. The number of thiophene rings is 1. The van der Waals surface area contributed by atoms with Crippen LogP contribution in [0.3, 0.4) is 0 Å². The first-order valence-corrected chi connectivity index (χ1v) is 8.91. The van der Waals surface area contributed by atoms with Crippen LogP contribution < -0.4 is 10.6 Å². The molecule has 0 aromatic carbocycles. The second-order valence-electron chi connectivity index (χ2n) is 6.12. The van der Waals surface area contributed by atoms with Crippen LogP contribution in [0.4, 0.5) is 0 Å². The van der Waals surface area contributed by atoms with Gasteiger partial charge in [-0.05, 0) is 36.6 Å². The summed E-state index contributed by atoms with van der Waals surface area (Å²) in [4.78, 5) is 38.0. The minimum Gasteiger partial charge on any atom is -0.354 e. The second kappa shape index (κ2) is 7.12. The Hall–Kier alpha value is -1.89. The third-order valence-electron chi connectivity index (χ3n) is 4.51. The summed E-state index contributed by atoms with van der Waals surface area (Å²) in [5.74, 6) is 0.359. The molecule has 3 heterocycles. The zero-order valence-corrected chi connectivity index (χ0v) is 13.7. The van der Waals surface area contributed by atoms with Crippen LogP contribution in [0.15, 0.2) is 17.5 Å². The summed E-state index contributed by atoms with van der Waals surface area (Å²) in [5.41, 5.74) is 0. The molecule has 2 aliphatic rings. The molecule has 3 rings (SSSR count). The van der Waals surface area contributed by atoms with Crippen molar-refractivity contribution in [3.05, 3.63) is 22.4 Å². The van der Waals surface area contributed by atoms with Crippen LogP contribution in [0.1, 0.15) is 35.4 Å². The van der Waals surface area contributed by atoms with Crippen molar-refractivity contribution in [2.45, 2.75) is 31.7 Å². The fourth-order valence-electron chi connectivity index (χ4n) is 3.08. The SMILES string of the molecule is O=C1CC[C@@H](C(=O)NCC2CCN(C(=O)c3cccs3)CC2)N1. The van der Waals surface area contributed by atoms with Crippen molar-refractivity contribution in [1.29, 1.82) is 0 Å². The largest absolute Gasteiger partial charge is 0.354 e. The zero-order valence-electron chi connectivity index (χ0n) is 12.9. The smallest absolute Gasteiger partial charge is 0.263 e. The van der Waals surface area contributed by atoms with Crippen LogP contribution in [0.25, 0.3) is 0 Å². The minimum absolute atomic E-state index is 0.0504. The van der Waals surface area contributed by atoms with Gasteiger partial charge in [-0.2, -0.15) is 0 Å². The Balaban J connectivity index is 1.40. The van der Waals surface area contributed by atoms with Crippen molar-refractivity contribution >= 4 is 29.1 Å². The molecule has 0 radical (unpaired) electrons. The van der Waals surface area contributed by atoms with Crippen LogP contribution in [-0.4, -0.2) is 48.3 Å². The van der Waals surface area contributed by atoms with Gasteiger partial charge in [0, 0.05) is 26.1 Å². The molecule has 23 heavy (non-hydrogen) atoms. The Morgan fingerprint density at radius 1 is 1.30 bits per heavy atom. The van der Waals surface area contributed by atoms with Gasteiger partial charge in [-0.15, -0.1) is 11.3 Å². The maximum absolute atomic E-state index is 12.3. The number of nitrogens with zero attached hydrogens (tertiary/aromatic N) is 1. The average Bonchev–Trinajstić information content (AvgIpc) is 3.24. The number of likely N-dealkylation sites (tertiary alicyclic amines) is 1. The van der Waals surface area contributed by atoms with Gasteiger partial charge in [0.05, 0.1) is 4.88 Å². The summed E-state index contributed by atoms with van der Waals surface area (Å²) in [5, 5.41) is 7.52. The predicted molar refractivity (Wildman–Crippen MR) is 87.1 cm³/mol. The van der Waals surface area contributed by atoms with Crippen molar-refractivity contribution in [2.24, 2.45) is 5.92 Å². The fraction of sp³-hybridized carbons (Fsp3) is 0.562. The maximum Gasteiger partial charge on any atom is 0.263 e. The van der Waals surface area contributed by atoms with E-state index in [1.54, 1.807) is 0 Å². The van der Waals surface area contributed by atoms with Gasteiger partial charge in [-0.3, -0.25) is 14.4 Å². The lowest BCUT2D eigenvalue weighted by molar-refractivity contribution is -0.125. The molecule has 1 atom stereocenters. The van der Waals surface area contributed by atoms with Crippen molar-refractivity contribution in [3.8, 4) is 0 Å². The molecule has 6 nitrogen and oxygen atoms in total. The van der Waals surface area contributed by atoms with Crippen molar-refractivity contribution in [2.75, 3.05) is 19.6 Å². The molecule has 2 saturated heterocycles. The Morgan fingerprint density at radius 2 is 2.09 bits per heavy atom. The molecular weight excluding hydrogens is 314 g/mol. The maximum atomic E-state index is 12.3. The molecule has 0 unspecified atom stereocenters. The van der Waals surface area contributed by atoms with Crippen molar-refractivity contribution in [1.82, 2.24) is 15.5 Å². The summed E-state index contributed by atoms with van der Waals surface area (Å²) in [7, 11) is 0. The zero-order chi connectivity index (χ0) is 16.2. The van der Waals surface area contributed by atoms with Gasteiger partial charge < -0.3 is 15.5 Å². The molecule has 0 bridgehead atoms. The first kappa shape index (κ1) is 16.0. The molecule has 2 fully saturated rings. The first-order chi connectivity index (χ1) is 11.1. The van der Waals surface area contributed by atoms with E-state index < -0.39 is 0 Å².